The maximum Gasteiger partial charge on any atom is 0.367 e. The Kier molecular flexibility index (Phi) is 3.05. The first-order chi connectivity index (χ1) is 7.74. The fraction of sp³-hybridized carbons (Fsp3) is 0.273. The molecule has 1 heterocycles. The van der Waals surface area contributed by atoms with Crippen molar-refractivity contribution in [2.45, 2.75) is 6.92 Å². The van der Waals surface area contributed by atoms with Gasteiger partial charge in [0.1, 0.15) is 5.75 Å². The first-order valence-corrected chi connectivity index (χ1v) is 5.68. The maximum absolute atomic E-state index is 11.5. The number of methoxy groups -OCH3 is 1. The molecule has 0 N–H and O–H groups in total. The topological polar surface area (TPSA) is 48.4 Å². The monoisotopic (exact) mass is 237 g/mol. The normalized spacial score (nSPS) is 10.4. The van der Waals surface area contributed by atoms with Crippen LogP contribution in [-0.2, 0) is 4.74 Å². The lowest BCUT2D eigenvalue weighted by Crippen LogP contribution is -2.03. The molecule has 0 saturated carbocycles. The fourth-order valence-electron chi connectivity index (χ4n) is 1.31. The van der Waals surface area contributed by atoms with Crippen LogP contribution in [0.25, 0.3) is 10.2 Å². The van der Waals surface area contributed by atoms with Crippen LogP contribution in [0.1, 0.15) is 16.7 Å². The van der Waals surface area contributed by atoms with Crippen LogP contribution in [0.2, 0.25) is 0 Å². The molecule has 0 radical (unpaired) electrons. The zero-order valence-corrected chi connectivity index (χ0v) is 9.84. The predicted octanol–water partition coefficient (Wildman–Crippen LogP) is 2.48. The number of aromatic nitrogens is 1. The minimum atomic E-state index is -0.373. The average molecular weight is 237 g/mol. The third-order valence-electron chi connectivity index (χ3n) is 2.04. The van der Waals surface area contributed by atoms with Crippen LogP contribution in [0.3, 0.4) is 0 Å². The molecular formula is C11H11NO3S. The molecule has 0 fully saturated rings. The van der Waals surface area contributed by atoms with Crippen molar-refractivity contribution in [3.8, 4) is 5.75 Å². The van der Waals surface area contributed by atoms with E-state index in [9.17, 15) is 4.79 Å². The molecule has 0 unspecified atom stereocenters. The summed E-state index contributed by atoms with van der Waals surface area (Å²) in [6, 6.07) is 5.53. The molecule has 84 valence electrons. The lowest BCUT2D eigenvalue weighted by atomic mass is 10.3. The number of rotatable bonds is 3. The van der Waals surface area contributed by atoms with E-state index in [2.05, 4.69) is 4.98 Å². The lowest BCUT2D eigenvalue weighted by Gasteiger charge is -1.96. The molecule has 2 aromatic rings. The predicted molar refractivity (Wildman–Crippen MR) is 62.1 cm³/mol. The van der Waals surface area contributed by atoms with Crippen molar-refractivity contribution >= 4 is 27.5 Å². The van der Waals surface area contributed by atoms with E-state index in [0.29, 0.717) is 11.6 Å². The van der Waals surface area contributed by atoms with Gasteiger partial charge >= 0.3 is 5.97 Å². The molecule has 0 atom stereocenters. The van der Waals surface area contributed by atoms with E-state index >= 15 is 0 Å². The highest BCUT2D eigenvalue weighted by atomic mass is 32.1. The highest BCUT2D eigenvalue weighted by molar-refractivity contribution is 7.20. The Bertz CT molecular complexity index is 521. The first-order valence-electron chi connectivity index (χ1n) is 4.86. The Balaban J connectivity index is 2.39. The maximum atomic E-state index is 11.5. The molecule has 0 aliphatic rings. The van der Waals surface area contributed by atoms with Gasteiger partial charge in [0.25, 0.3) is 0 Å². The number of hydrogen-bond acceptors (Lipinski definition) is 5. The molecule has 0 aliphatic carbocycles. The van der Waals surface area contributed by atoms with Crippen LogP contribution in [-0.4, -0.2) is 24.7 Å². The van der Waals surface area contributed by atoms with E-state index < -0.39 is 0 Å². The molecule has 0 saturated heterocycles. The van der Waals surface area contributed by atoms with Gasteiger partial charge in [-0.25, -0.2) is 9.78 Å². The van der Waals surface area contributed by atoms with Crippen LogP contribution in [0, 0.1) is 0 Å². The van der Waals surface area contributed by atoms with Gasteiger partial charge in [-0.2, -0.15) is 0 Å². The minimum Gasteiger partial charge on any atom is -0.497 e. The van der Waals surface area contributed by atoms with Crippen molar-refractivity contribution in [2.75, 3.05) is 13.7 Å². The van der Waals surface area contributed by atoms with Crippen molar-refractivity contribution in [3.63, 3.8) is 0 Å². The second-order valence-electron chi connectivity index (χ2n) is 3.07. The molecule has 0 aliphatic heterocycles. The Morgan fingerprint density at radius 3 is 3.00 bits per heavy atom. The van der Waals surface area contributed by atoms with E-state index in [0.717, 1.165) is 16.0 Å². The Morgan fingerprint density at radius 2 is 2.31 bits per heavy atom. The number of ether oxygens (including phenoxy) is 2. The van der Waals surface area contributed by atoms with Gasteiger partial charge in [0.05, 0.1) is 23.9 Å². The SMILES string of the molecule is CCOC(=O)c1nc2cc(OC)ccc2s1. The van der Waals surface area contributed by atoms with Gasteiger partial charge in [0.2, 0.25) is 5.01 Å². The van der Waals surface area contributed by atoms with Gasteiger partial charge in [-0.3, -0.25) is 0 Å². The molecule has 5 heteroatoms. The van der Waals surface area contributed by atoms with E-state index in [1.165, 1.54) is 11.3 Å². The number of carbonyl (C=O) groups is 1. The van der Waals surface area contributed by atoms with Gasteiger partial charge in [0, 0.05) is 6.07 Å². The fourth-order valence-corrected chi connectivity index (χ4v) is 2.15. The van der Waals surface area contributed by atoms with Crippen LogP contribution >= 0.6 is 11.3 Å². The van der Waals surface area contributed by atoms with Gasteiger partial charge in [-0.1, -0.05) is 0 Å². The smallest absolute Gasteiger partial charge is 0.367 e. The summed E-state index contributed by atoms with van der Waals surface area (Å²) in [6.07, 6.45) is 0. The second kappa shape index (κ2) is 4.49. The van der Waals surface area contributed by atoms with E-state index in [-0.39, 0.29) is 5.97 Å². The Hall–Kier alpha value is -1.62. The first kappa shape index (κ1) is 10.9. The van der Waals surface area contributed by atoms with E-state index in [4.69, 9.17) is 9.47 Å². The number of nitrogens with zero attached hydrogens (tertiary/aromatic N) is 1. The Morgan fingerprint density at radius 1 is 1.50 bits per heavy atom. The molecule has 2 rings (SSSR count). The van der Waals surface area contributed by atoms with Gasteiger partial charge in [-0.15, -0.1) is 11.3 Å². The minimum absolute atomic E-state index is 0.359. The summed E-state index contributed by atoms with van der Waals surface area (Å²) >= 11 is 1.32. The van der Waals surface area contributed by atoms with Crippen molar-refractivity contribution in [2.24, 2.45) is 0 Å². The van der Waals surface area contributed by atoms with E-state index in [1.54, 1.807) is 20.1 Å². The highest BCUT2D eigenvalue weighted by Gasteiger charge is 2.13. The third kappa shape index (κ3) is 1.99. The summed E-state index contributed by atoms with van der Waals surface area (Å²) in [4.78, 5) is 15.7. The zero-order valence-electron chi connectivity index (χ0n) is 9.02. The highest BCUT2D eigenvalue weighted by Crippen LogP contribution is 2.26. The molecule has 4 nitrogen and oxygen atoms in total. The standard InChI is InChI=1S/C11H11NO3S/c1-3-15-11(13)10-12-8-6-7(14-2)4-5-9(8)16-10/h4-6H,3H2,1-2H3. The van der Waals surface area contributed by atoms with Crippen LogP contribution in [0.5, 0.6) is 5.75 Å². The summed E-state index contributed by atoms with van der Waals surface area (Å²) in [5.74, 6) is 0.357. The van der Waals surface area contributed by atoms with Crippen molar-refractivity contribution in [1.82, 2.24) is 4.98 Å². The molecule has 1 aromatic carbocycles. The zero-order chi connectivity index (χ0) is 11.5. The molecule has 1 aromatic heterocycles. The number of fused-ring (bicyclic) bond motifs is 1. The van der Waals surface area contributed by atoms with Crippen molar-refractivity contribution in [3.05, 3.63) is 23.2 Å². The molecule has 16 heavy (non-hydrogen) atoms. The van der Waals surface area contributed by atoms with Crippen molar-refractivity contribution < 1.29 is 14.3 Å². The van der Waals surface area contributed by atoms with Crippen LogP contribution in [0.4, 0.5) is 0 Å². The summed E-state index contributed by atoms with van der Waals surface area (Å²) in [6.45, 7) is 2.13. The molecule has 0 spiro atoms. The third-order valence-corrected chi connectivity index (χ3v) is 3.06. The average Bonchev–Trinajstić information content (AvgIpc) is 2.71. The number of esters is 1. The van der Waals surface area contributed by atoms with Crippen LogP contribution < -0.4 is 4.74 Å². The lowest BCUT2D eigenvalue weighted by molar-refractivity contribution is 0.0526. The molecule has 0 bridgehead atoms. The second-order valence-corrected chi connectivity index (χ2v) is 4.10. The quantitative estimate of drug-likeness (QED) is 0.769. The summed E-state index contributed by atoms with van der Waals surface area (Å²) in [7, 11) is 1.60. The van der Waals surface area contributed by atoms with E-state index in [1.807, 2.05) is 12.1 Å². The largest absolute Gasteiger partial charge is 0.497 e. The summed E-state index contributed by atoms with van der Waals surface area (Å²) in [5.41, 5.74) is 0.757. The summed E-state index contributed by atoms with van der Waals surface area (Å²) in [5, 5.41) is 0.380. The number of thiazole rings is 1. The molecule has 0 amide bonds. The number of benzene rings is 1. The van der Waals surface area contributed by atoms with Gasteiger partial charge in [-0.05, 0) is 19.1 Å². The summed E-state index contributed by atoms with van der Waals surface area (Å²) < 4.78 is 10.9. The number of hydrogen-bond donors (Lipinski definition) is 0. The van der Waals surface area contributed by atoms with Crippen LogP contribution in [0.15, 0.2) is 18.2 Å². The van der Waals surface area contributed by atoms with Crippen molar-refractivity contribution in [1.29, 1.82) is 0 Å². The Labute approximate surface area is 96.8 Å². The number of carbonyl (C=O) groups excluding carboxylic acids is 1. The van der Waals surface area contributed by atoms with Gasteiger partial charge in [0.15, 0.2) is 0 Å². The molecular weight excluding hydrogens is 226 g/mol. The van der Waals surface area contributed by atoms with Gasteiger partial charge < -0.3 is 9.47 Å².